The Morgan fingerprint density at radius 3 is 2.58 bits per heavy atom. The highest BCUT2D eigenvalue weighted by molar-refractivity contribution is 5.77. The van der Waals surface area contributed by atoms with E-state index in [0.717, 1.165) is 17.5 Å². The van der Waals surface area contributed by atoms with Gasteiger partial charge in [0.15, 0.2) is 17.5 Å². The summed E-state index contributed by atoms with van der Waals surface area (Å²) in [7, 11) is 3.21. The van der Waals surface area contributed by atoms with E-state index in [1.165, 1.54) is 12.1 Å². The molecule has 0 amide bonds. The number of ether oxygens (including phenoxy) is 2. The van der Waals surface area contributed by atoms with E-state index < -0.39 is 0 Å². The summed E-state index contributed by atoms with van der Waals surface area (Å²) in [5.41, 5.74) is 7.70. The molecule has 0 radical (unpaired) electrons. The average Bonchev–Trinajstić information content (AvgIpc) is 2.60. The average molecular weight is 331 g/mol. The van der Waals surface area contributed by atoms with Crippen LogP contribution in [-0.4, -0.2) is 26.7 Å². The summed E-state index contributed by atoms with van der Waals surface area (Å²) in [6.07, 6.45) is 0.760. The van der Waals surface area contributed by atoms with Gasteiger partial charge in [-0.15, -0.1) is 0 Å². The third-order valence-electron chi connectivity index (χ3n) is 3.49. The molecule has 2 rings (SSSR count). The van der Waals surface area contributed by atoms with Crippen molar-refractivity contribution >= 4 is 5.96 Å². The highest BCUT2D eigenvalue weighted by atomic mass is 19.1. The summed E-state index contributed by atoms with van der Waals surface area (Å²) in [6, 6.07) is 12.1. The van der Waals surface area contributed by atoms with Gasteiger partial charge in [0.1, 0.15) is 5.82 Å². The van der Waals surface area contributed by atoms with E-state index in [-0.39, 0.29) is 5.82 Å². The predicted molar refractivity (Wildman–Crippen MR) is 93.0 cm³/mol. The molecule has 5 nitrogen and oxygen atoms in total. The molecule has 0 atom stereocenters. The number of guanidine groups is 1. The van der Waals surface area contributed by atoms with Crippen LogP contribution in [0.1, 0.15) is 11.1 Å². The molecule has 24 heavy (non-hydrogen) atoms. The van der Waals surface area contributed by atoms with Crippen molar-refractivity contribution in [1.29, 1.82) is 0 Å². The van der Waals surface area contributed by atoms with Gasteiger partial charge in [-0.3, -0.25) is 0 Å². The van der Waals surface area contributed by atoms with E-state index in [2.05, 4.69) is 10.3 Å². The van der Waals surface area contributed by atoms with Gasteiger partial charge in [-0.1, -0.05) is 18.2 Å². The van der Waals surface area contributed by atoms with E-state index in [1.807, 2.05) is 24.3 Å². The number of nitrogens with one attached hydrogen (secondary N) is 1. The zero-order valence-corrected chi connectivity index (χ0v) is 13.9. The molecule has 2 aromatic carbocycles. The predicted octanol–water partition coefficient (Wildman–Crippen LogP) is 2.49. The van der Waals surface area contributed by atoms with E-state index in [1.54, 1.807) is 20.3 Å². The van der Waals surface area contributed by atoms with Crippen LogP contribution in [0.4, 0.5) is 4.39 Å². The topological polar surface area (TPSA) is 68.9 Å². The second-order valence-electron chi connectivity index (χ2n) is 5.20. The quantitative estimate of drug-likeness (QED) is 0.604. The first-order valence-corrected chi connectivity index (χ1v) is 7.61. The summed E-state index contributed by atoms with van der Waals surface area (Å²) in [5.74, 6) is 1.45. The maximum Gasteiger partial charge on any atom is 0.188 e. The van der Waals surface area contributed by atoms with Crippen molar-refractivity contribution in [1.82, 2.24) is 5.32 Å². The number of nitrogens with zero attached hydrogens (tertiary/aromatic N) is 1. The summed E-state index contributed by atoms with van der Waals surface area (Å²) in [5, 5.41) is 3.04. The Hall–Kier alpha value is -2.76. The molecule has 0 aromatic heterocycles. The van der Waals surface area contributed by atoms with Crippen LogP contribution in [0.25, 0.3) is 0 Å². The molecule has 6 heteroatoms. The number of methoxy groups -OCH3 is 2. The largest absolute Gasteiger partial charge is 0.493 e. The summed E-state index contributed by atoms with van der Waals surface area (Å²) in [6.45, 7) is 0.973. The molecule has 128 valence electrons. The number of rotatable bonds is 7. The normalized spacial score (nSPS) is 11.2. The molecule has 0 heterocycles. The molecular weight excluding hydrogens is 309 g/mol. The first kappa shape index (κ1) is 17.6. The first-order valence-electron chi connectivity index (χ1n) is 7.61. The Morgan fingerprint density at radius 1 is 1.08 bits per heavy atom. The molecule has 0 bridgehead atoms. The SMILES string of the molecule is COc1ccc(CCNC(N)=NCc2cccc(F)c2)cc1OC. The standard InChI is InChI=1S/C18H22FN3O2/c1-23-16-7-6-13(11-17(16)24-2)8-9-21-18(20)22-12-14-4-3-5-15(19)10-14/h3-7,10-11H,8-9,12H2,1-2H3,(H3,20,21,22). The number of benzene rings is 2. The third kappa shape index (κ3) is 5.15. The minimum Gasteiger partial charge on any atom is -0.493 e. The van der Waals surface area contributed by atoms with Crippen molar-refractivity contribution in [2.75, 3.05) is 20.8 Å². The molecular formula is C18H22FN3O2. The second-order valence-corrected chi connectivity index (χ2v) is 5.20. The number of hydrogen-bond donors (Lipinski definition) is 2. The lowest BCUT2D eigenvalue weighted by Gasteiger charge is -2.10. The Labute approximate surface area is 141 Å². The lowest BCUT2D eigenvalue weighted by atomic mass is 10.1. The lowest BCUT2D eigenvalue weighted by molar-refractivity contribution is 0.354. The van der Waals surface area contributed by atoms with E-state index in [9.17, 15) is 4.39 Å². The molecule has 2 aromatic rings. The van der Waals surface area contributed by atoms with Crippen LogP contribution in [-0.2, 0) is 13.0 Å². The number of aliphatic imine (C=N–C) groups is 1. The van der Waals surface area contributed by atoms with Crippen molar-refractivity contribution < 1.29 is 13.9 Å². The fraction of sp³-hybridized carbons (Fsp3) is 0.278. The van der Waals surface area contributed by atoms with Gasteiger partial charge in [0.05, 0.1) is 20.8 Å². The summed E-state index contributed by atoms with van der Waals surface area (Å²) in [4.78, 5) is 4.20. The Kier molecular flexibility index (Phi) is 6.42. The minimum atomic E-state index is -0.275. The molecule has 0 spiro atoms. The molecule has 0 fully saturated rings. The molecule has 0 saturated heterocycles. The lowest BCUT2D eigenvalue weighted by Crippen LogP contribution is -2.33. The Morgan fingerprint density at radius 2 is 1.88 bits per heavy atom. The van der Waals surface area contributed by atoms with Crippen LogP contribution in [0.15, 0.2) is 47.5 Å². The van der Waals surface area contributed by atoms with Crippen LogP contribution >= 0.6 is 0 Å². The maximum absolute atomic E-state index is 13.1. The monoisotopic (exact) mass is 331 g/mol. The van der Waals surface area contributed by atoms with Gasteiger partial charge in [-0.05, 0) is 41.8 Å². The van der Waals surface area contributed by atoms with Crippen molar-refractivity contribution in [2.24, 2.45) is 10.7 Å². The number of nitrogens with two attached hydrogens (primary N) is 1. The van der Waals surface area contributed by atoms with Crippen molar-refractivity contribution in [3.05, 3.63) is 59.4 Å². The molecule has 3 N–H and O–H groups in total. The highest BCUT2D eigenvalue weighted by Crippen LogP contribution is 2.27. The van der Waals surface area contributed by atoms with E-state index >= 15 is 0 Å². The van der Waals surface area contributed by atoms with Crippen molar-refractivity contribution in [3.8, 4) is 11.5 Å². The van der Waals surface area contributed by atoms with Gasteiger partial charge in [-0.25, -0.2) is 9.38 Å². The Bertz CT molecular complexity index is 704. The highest BCUT2D eigenvalue weighted by Gasteiger charge is 2.04. The minimum absolute atomic E-state index is 0.275. The fourth-order valence-corrected chi connectivity index (χ4v) is 2.24. The molecule has 0 aliphatic rings. The molecule has 0 saturated carbocycles. The first-order chi connectivity index (χ1) is 11.6. The van der Waals surface area contributed by atoms with Crippen LogP contribution < -0.4 is 20.5 Å². The zero-order chi connectivity index (χ0) is 17.4. The zero-order valence-electron chi connectivity index (χ0n) is 13.9. The van der Waals surface area contributed by atoms with Gasteiger partial charge >= 0.3 is 0 Å². The van der Waals surface area contributed by atoms with Crippen molar-refractivity contribution in [3.63, 3.8) is 0 Å². The van der Waals surface area contributed by atoms with Crippen LogP contribution in [0.3, 0.4) is 0 Å². The molecule has 0 unspecified atom stereocenters. The third-order valence-corrected chi connectivity index (χ3v) is 3.49. The van der Waals surface area contributed by atoms with Crippen LogP contribution in [0, 0.1) is 5.82 Å². The fourth-order valence-electron chi connectivity index (χ4n) is 2.24. The van der Waals surface area contributed by atoms with Gasteiger partial charge in [0.2, 0.25) is 0 Å². The van der Waals surface area contributed by atoms with Gasteiger partial charge in [0.25, 0.3) is 0 Å². The van der Waals surface area contributed by atoms with Crippen molar-refractivity contribution in [2.45, 2.75) is 13.0 Å². The summed E-state index contributed by atoms with van der Waals surface area (Å²) < 4.78 is 23.6. The molecule has 0 aliphatic heterocycles. The van der Waals surface area contributed by atoms with Gasteiger partial charge < -0.3 is 20.5 Å². The van der Waals surface area contributed by atoms with Crippen LogP contribution in [0.5, 0.6) is 11.5 Å². The second kappa shape index (κ2) is 8.76. The van der Waals surface area contributed by atoms with Gasteiger partial charge in [-0.2, -0.15) is 0 Å². The maximum atomic E-state index is 13.1. The van der Waals surface area contributed by atoms with E-state index in [4.69, 9.17) is 15.2 Å². The van der Waals surface area contributed by atoms with Gasteiger partial charge in [0, 0.05) is 6.54 Å². The summed E-state index contributed by atoms with van der Waals surface area (Å²) >= 11 is 0. The Balaban J connectivity index is 1.83. The molecule has 0 aliphatic carbocycles. The smallest absolute Gasteiger partial charge is 0.188 e. The van der Waals surface area contributed by atoms with E-state index in [0.29, 0.717) is 30.5 Å². The number of halogens is 1. The van der Waals surface area contributed by atoms with Crippen LogP contribution in [0.2, 0.25) is 0 Å². The number of hydrogen-bond acceptors (Lipinski definition) is 3.